The predicted octanol–water partition coefficient (Wildman–Crippen LogP) is 1.49. The number of thioether (sulfide) groups is 1. The normalized spacial score (nSPS) is 21.7. The fourth-order valence-electron chi connectivity index (χ4n) is 1.63. The summed E-state index contributed by atoms with van der Waals surface area (Å²) in [7, 11) is 0. The van der Waals surface area contributed by atoms with Crippen molar-refractivity contribution in [3.63, 3.8) is 0 Å². The van der Waals surface area contributed by atoms with Gasteiger partial charge in [0.05, 0.1) is 6.61 Å². The molecular formula is C10H21NOS. The van der Waals surface area contributed by atoms with E-state index in [1.807, 2.05) is 6.92 Å². The molecule has 0 radical (unpaired) electrons. The van der Waals surface area contributed by atoms with Crippen LogP contribution in [0.2, 0.25) is 0 Å². The van der Waals surface area contributed by atoms with Crippen molar-refractivity contribution >= 4 is 11.8 Å². The Kier molecular flexibility index (Phi) is 5.83. The molecule has 0 aromatic rings. The molecule has 0 spiro atoms. The van der Waals surface area contributed by atoms with Crippen LogP contribution in [0.1, 0.15) is 26.2 Å². The number of hydrogen-bond acceptors (Lipinski definition) is 3. The summed E-state index contributed by atoms with van der Waals surface area (Å²) in [5.41, 5.74) is 0. The van der Waals surface area contributed by atoms with Gasteiger partial charge in [0, 0.05) is 6.04 Å². The molecule has 2 N–H and O–H groups in total. The molecule has 0 saturated carbocycles. The summed E-state index contributed by atoms with van der Waals surface area (Å²) in [5.74, 6) is 3.63. The fourth-order valence-corrected chi connectivity index (χ4v) is 2.84. The minimum atomic E-state index is 0.251. The Morgan fingerprint density at radius 1 is 1.46 bits per heavy atom. The van der Waals surface area contributed by atoms with Crippen molar-refractivity contribution in [1.29, 1.82) is 0 Å². The number of nitrogens with one attached hydrogen (secondary N) is 1. The summed E-state index contributed by atoms with van der Waals surface area (Å²) in [6, 6.07) is 0.262. The quantitative estimate of drug-likeness (QED) is 0.710. The number of aliphatic hydroxyl groups excluding tert-OH is 1. The third kappa shape index (κ3) is 4.89. The molecule has 0 aromatic heterocycles. The Balaban J connectivity index is 1.98. The minimum absolute atomic E-state index is 0.251. The van der Waals surface area contributed by atoms with E-state index in [1.165, 1.54) is 30.8 Å². The maximum atomic E-state index is 8.81. The van der Waals surface area contributed by atoms with Crippen LogP contribution in [0, 0.1) is 5.92 Å². The third-order valence-corrected chi connectivity index (χ3v) is 3.71. The van der Waals surface area contributed by atoms with E-state index in [2.05, 4.69) is 17.1 Å². The molecule has 3 heteroatoms. The van der Waals surface area contributed by atoms with Crippen LogP contribution >= 0.6 is 11.8 Å². The van der Waals surface area contributed by atoms with Crippen molar-refractivity contribution in [1.82, 2.24) is 5.32 Å². The van der Waals surface area contributed by atoms with E-state index in [4.69, 9.17) is 5.11 Å². The van der Waals surface area contributed by atoms with E-state index in [0.29, 0.717) is 0 Å². The highest BCUT2D eigenvalue weighted by Crippen LogP contribution is 2.24. The highest BCUT2D eigenvalue weighted by Gasteiger charge is 2.13. The second kappa shape index (κ2) is 6.68. The van der Waals surface area contributed by atoms with Crippen molar-refractivity contribution in [2.45, 2.75) is 32.2 Å². The third-order valence-electron chi connectivity index (χ3n) is 2.66. The van der Waals surface area contributed by atoms with Crippen LogP contribution in [0.4, 0.5) is 0 Å². The molecule has 13 heavy (non-hydrogen) atoms. The van der Waals surface area contributed by atoms with Crippen LogP contribution in [-0.4, -0.2) is 35.8 Å². The zero-order valence-corrected chi connectivity index (χ0v) is 9.28. The molecule has 1 atom stereocenters. The first-order valence-electron chi connectivity index (χ1n) is 5.25. The van der Waals surface area contributed by atoms with Gasteiger partial charge in [0.2, 0.25) is 0 Å². The average molecular weight is 203 g/mol. The largest absolute Gasteiger partial charge is 0.395 e. The van der Waals surface area contributed by atoms with Gasteiger partial charge in [-0.25, -0.2) is 0 Å². The molecule has 1 aliphatic rings. The maximum absolute atomic E-state index is 8.81. The van der Waals surface area contributed by atoms with Gasteiger partial charge in [0.25, 0.3) is 0 Å². The van der Waals surface area contributed by atoms with Crippen molar-refractivity contribution in [3.8, 4) is 0 Å². The topological polar surface area (TPSA) is 32.3 Å². The monoisotopic (exact) mass is 203 g/mol. The lowest BCUT2D eigenvalue weighted by atomic mass is 9.99. The number of hydrogen-bond donors (Lipinski definition) is 2. The van der Waals surface area contributed by atoms with Gasteiger partial charge in [-0.15, -0.1) is 0 Å². The van der Waals surface area contributed by atoms with Crippen molar-refractivity contribution in [2.24, 2.45) is 5.92 Å². The summed E-state index contributed by atoms with van der Waals surface area (Å²) < 4.78 is 0. The maximum Gasteiger partial charge on any atom is 0.0581 e. The van der Waals surface area contributed by atoms with Crippen LogP contribution in [0.3, 0.4) is 0 Å². The van der Waals surface area contributed by atoms with Crippen LogP contribution in [0.5, 0.6) is 0 Å². The lowest BCUT2D eigenvalue weighted by Crippen LogP contribution is -2.31. The van der Waals surface area contributed by atoms with Gasteiger partial charge in [-0.3, -0.25) is 0 Å². The molecule has 1 rings (SSSR count). The van der Waals surface area contributed by atoms with Gasteiger partial charge in [-0.1, -0.05) is 0 Å². The van der Waals surface area contributed by atoms with Gasteiger partial charge in [-0.2, -0.15) is 11.8 Å². The van der Waals surface area contributed by atoms with E-state index in [9.17, 15) is 0 Å². The van der Waals surface area contributed by atoms with Crippen molar-refractivity contribution < 1.29 is 5.11 Å². The second-order valence-electron chi connectivity index (χ2n) is 3.88. The molecular weight excluding hydrogens is 182 g/mol. The first-order chi connectivity index (χ1) is 6.33. The van der Waals surface area contributed by atoms with Crippen molar-refractivity contribution in [3.05, 3.63) is 0 Å². The fraction of sp³-hybridized carbons (Fsp3) is 1.00. The first-order valence-corrected chi connectivity index (χ1v) is 6.40. The van der Waals surface area contributed by atoms with Crippen LogP contribution < -0.4 is 5.32 Å². The number of aliphatic hydroxyl groups is 1. The summed E-state index contributed by atoms with van der Waals surface area (Å²) in [5, 5.41) is 12.1. The average Bonchev–Trinajstić information content (AvgIpc) is 2.19. The van der Waals surface area contributed by atoms with E-state index in [1.54, 1.807) is 0 Å². The van der Waals surface area contributed by atoms with E-state index in [0.717, 1.165) is 12.5 Å². The first kappa shape index (κ1) is 11.3. The molecule has 78 valence electrons. The molecule has 1 fully saturated rings. The highest BCUT2D eigenvalue weighted by molar-refractivity contribution is 7.99. The predicted molar refractivity (Wildman–Crippen MR) is 59.2 cm³/mol. The smallest absolute Gasteiger partial charge is 0.0581 e. The van der Waals surface area contributed by atoms with Crippen LogP contribution in [0.15, 0.2) is 0 Å². The SMILES string of the molecule is CC(CO)NCCC1CCSCC1. The summed E-state index contributed by atoms with van der Waals surface area (Å²) in [4.78, 5) is 0. The van der Waals surface area contributed by atoms with Crippen LogP contribution in [-0.2, 0) is 0 Å². The van der Waals surface area contributed by atoms with Crippen molar-refractivity contribution in [2.75, 3.05) is 24.7 Å². The molecule has 0 amide bonds. The van der Waals surface area contributed by atoms with Gasteiger partial charge in [0.1, 0.15) is 0 Å². The lowest BCUT2D eigenvalue weighted by Gasteiger charge is -2.22. The molecule has 0 bridgehead atoms. The molecule has 1 saturated heterocycles. The Hall–Kier alpha value is 0.270. The molecule has 1 aliphatic heterocycles. The Labute approximate surface area is 85.5 Å². The summed E-state index contributed by atoms with van der Waals surface area (Å²) in [6.45, 7) is 3.34. The Morgan fingerprint density at radius 2 is 2.15 bits per heavy atom. The van der Waals surface area contributed by atoms with E-state index in [-0.39, 0.29) is 12.6 Å². The minimum Gasteiger partial charge on any atom is -0.395 e. The molecule has 0 aliphatic carbocycles. The Bertz CT molecular complexity index is 126. The Morgan fingerprint density at radius 3 is 2.77 bits per heavy atom. The molecule has 0 aromatic carbocycles. The van der Waals surface area contributed by atoms with E-state index < -0.39 is 0 Å². The van der Waals surface area contributed by atoms with Gasteiger partial charge in [-0.05, 0) is 50.2 Å². The zero-order chi connectivity index (χ0) is 9.52. The van der Waals surface area contributed by atoms with Gasteiger partial charge >= 0.3 is 0 Å². The van der Waals surface area contributed by atoms with Crippen LogP contribution in [0.25, 0.3) is 0 Å². The van der Waals surface area contributed by atoms with E-state index >= 15 is 0 Å². The second-order valence-corrected chi connectivity index (χ2v) is 5.11. The highest BCUT2D eigenvalue weighted by atomic mass is 32.2. The lowest BCUT2D eigenvalue weighted by molar-refractivity contribution is 0.248. The standard InChI is InChI=1S/C10H21NOS/c1-9(8-12)11-5-2-10-3-6-13-7-4-10/h9-12H,2-8H2,1H3. The molecule has 1 unspecified atom stereocenters. The van der Waals surface area contributed by atoms with Gasteiger partial charge < -0.3 is 10.4 Å². The summed E-state index contributed by atoms with van der Waals surface area (Å²) in [6.07, 6.45) is 4.06. The summed E-state index contributed by atoms with van der Waals surface area (Å²) >= 11 is 2.08. The zero-order valence-electron chi connectivity index (χ0n) is 8.46. The number of rotatable bonds is 5. The van der Waals surface area contributed by atoms with Gasteiger partial charge in [0.15, 0.2) is 0 Å². The molecule has 1 heterocycles. The molecule has 2 nitrogen and oxygen atoms in total.